The average molecular weight is 304 g/mol. The van der Waals surface area contributed by atoms with E-state index in [1.807, 2.05) is 0 Å². The molecule has 3 heteroatoms. The first-order valence-corrected chi connectivity index (χ1v) is 7.93. The van der Waals surface area contributed by atoms with Gasteiger partial charge in [0.2, 0.25) is 5.91 Å². The minimum atomic E-state index is 0.233. The van der Waals surface area contributed by atoms with Crippen LogP contribution in [0, 0.1) is 5.92 Å². The lowest BCUT2D eigenvalue weighted by molar-refractivity contribution is -0.122. The van der Waals surface area contributed by atoms with Crippen molar-refractivity contribution in [3.8, 4) is 0 Å². The third-order valence-corrected chi connectivity index (χ3v) is 3.96. The molecule has 0 aromatic carbocycles. The van der Waals surface area contributed by atoms with Crippen LogP contribution in [0.25, 0.3) is 0 Å². The SMILES string of the molecule is CC(Br)CC(C)NC(=O)CCC1CCCCC1. The van der Waals surface area contributed by atoms with Crippen LogP contribution in [0.5, 0.6) is 0 Å². The van der Waals surface area contributed by atoms with Gasteiger partial charge in [-0.3, -0.25) is 4.79 Å². The molecule has 17 heavy (non-hydrogen) atoms. The Kier molecular flexibility index (Phi) is 7.17. The highest BCUT2D eigenvalue weighted by molar-refractivity contribution is 9.09. The number of alkyl halides is 1. The lowest BCUT2D eigenvalue weighted by Gasteiger charge is -2.21. The van der Waals surface area contributed by atoms with Gasteiger partial charge < -0.3 is 5.32 Å². The van der Waals surface area contributed by atoms with E-state index in [0.717, 1.165) is 18.8 Å². The second kappa shape index (κ2) is 8.12. The molecule has 0 saturated heterocycles. The molecule has 1 saturated carbocycles. The van der Waals surface area contributed by atoms with E-state index in [-0.39, 0.29) is 11.9 Å². The number of carbonyl (C=O) groups excluding carboxylic acids is 1. The zero-order valence-corrected chi connectivity index (χ0v) is 12.8. The Morgan fingerprint density at radius 2 is 1.94 bits per heavy atom. The summed E-state index contributed by atoms with van der Waals surface area (Å²) in [5.41, 5.74) is 0. The van der Waals surface area contributed by atoms with Crippen molar-refractivity contribution in [1.82, 2.24) is 5.32 Å². The Hall–Kier alpha value is -0.0500. The fourth-order valence-corrected chi connectivity index (χ4v) is 3.26. The largest absolute Gasteiger partial charge is 0.354 e. The summed E-state index contributed by atoms with van der Waals surface area (Å²) in [5.74, 6) is 1.04. The second-order valence-electron chi connectivity index (χ2n) is 5.53. The topological polar surface area (TPSA) is 29.1 Å². The molecule has 1 aliphatic rings. The molecule has 0 bridgehead atoms. The molecule has 2 atom stereocenters. The fraction of sp³-hybridized carbons (Fsp3) is 0.929. The first-order chi connectivity index (χ1) is 8.08. The van der Waals surface area contributed by atoms with Gasteiger partial charge in [-0.15, -0.1) is 0 Å². The predicted molar refractivity (Wildman–Crippen MR) is 76.4 cm³/mol. The van der Waals surface area contributed by atoms with E-state index in [9.17, 15) is 4.79 Å². The van der Waals surface area contributed by atoms with Crippen molar-refractivity contribution in [3.63, 3.8) is 0 Å². The number of carbonyl (C=O) groups is 1. The summed E-state index contributed by atoms with van der Waals surface area (Å²) in [6, 6.07) is 0.281. The highest BCUT2D eigenvalue weighted by Crippen LogP contribution is 2.27. The van der Waals surface area contributed by atoms with E-state index in [4.69, 9.17) is 0 Å². The number of amides is 1. The van der Waals surface area contributed by atoms with Crippen LogP contribution in [0.15, 0.2) is 0 Å². The molecule has 100 valence electrons. The Morgan fingerprint density at radius 1 is 1.29 bits per heavy atom. The number of rotatable bonds is 6. The molecule has 0 aromatic heterocycles. The molecule has 0 aromatic rings. The molecule has 2 nitrogen and oxygen atoms in total. The molecule has 1 fully saturated rings. The normalized spacial score (nSPS) is 20.9. The summed E-state index contributed by atoms with van der Waals surface area (Å²) in [6.07, 6.45) is 9.59. The summed E-state index contributed by atoms with van der Waals surface area (Å²) in [4.78, 5) is 12.2. The van der Waals surface area contributed by atoms with Crippen LogP contribution in [0.4, 0.5) is 0 Å². The van der Waals surface area contributed by atoms with Gasteiger partial charge in [-0.2, -0.15) is 0 Å². The minimum Gasteiger partial charge on any atom is -0.354 e. The van der Waals surface area contributed by atoms with Gasteiger partial charge in [0, 0.05) is 17.3 Å². The van der Waals surface area contributed by atoms with Gasteiger partial charge in [0.1, 0.15) is 0 Å². The standard InChI is InChI=1S/C14H26BrNO/c1-11(15)10-12(2)16-14(17)9-8-13-6-4-3-5-7-13/h11-13H,3-10H2,1-2H3,(H,16,17). The molecule has 0 spiro atoms. The summed E-state index contributed by atoms with van der Waals surface area (Å²) < 4.78 is 0. The third-order valence-electron chi connectivity index (χ3n) is 3.59. The quantitative estimate of drug-likeness (QED) is 0.738. The zero-order chi connectivity index (χ0) is 12.7. The van der Waals surface area contributed by atoms with Gasteiger partial charge in [0.05, 0.1) is 0 Å². The van der Waals surface area contributed by atoms with E-state index in [1.165, 1.54) is 32.1 Å². The van der Waals surface area contributed by atoms with E-state index in [2.05, 4.69) is 35.1 Å². The molecule has 1 amide bonds. The van der Waals surface area contributed by atoms with Crippen LogP contribution in [-0.2, 0) is 4.79 Å². The van der Waals surface area contributed by atoms with Crippen LogP contribution < -0.4 is 5.32 Å². The van der Waals surface area contributed by atoms with Gasteiger partial charge in [-0.05, 0) is 25.7 Å². The summed E-state index contributed by atoms with van der Waals surface area (Å²) in [5, 5.41) is 3.08. The molecule has 1 N–H and O–H groups in total. The summed E-state index contributed by atoms with van der Waals surface area (Å²) >= 11 is 3.52. The monoisotopic (exact) mass is 303 g/mol. The third kappa shape index (κ3) is 7.07. The van der Waals surface area contributed by atoms with Crippen molar-refractivity contribution in [2.75, 3.05) is 0 Å². The first kappa shape index (κ1) is 15.0. The van der Waals surface area contributed by atoms with Crippen LogP contribution in [0.3, 0.4) is 0 Å². The maximum absolute atomic E-state index is 11.8. The molecular formula is C14H26BrNO. The Bertz CT molecular complexity index is 224. The Labute approximate surface area is 114 Å². The average Bonchev–Trinajstić information content (AvgIpc) is 2.26. The lowest BCUT2D eigenvalue weighted by atomic mass is 9.86. The molecule has 1 rings (SSSR count). The van der Waals surface area contributed by atoms with Gasteiger partial charge in [0.15, 0.2) is 0 Å². The molecule has 0 aliphatic heterocycles. The van der Waals surface area contributed by atoms with E-state index < -0.39 is 0 Å². The van der Waals surface area contributed by atoms with Crippen LogP contribution in [-0.4, -0.2) is 16.8 Å². The van der Waals surface area contributed by atoms with E-state index in [0.29, 0.717) is 11.2 Å². The minimum absolute atomic E-state index is 0.233. The van der Waals surface area contributed by atoms with E-state index in [1.54, 1.807) is 0 Å². The maximum Gasteiger partial charge on any atom is 0.220 e. The fourth-order valence-electron chi connectivity index (χ4n) is 2.70. The molecule has 2 unspecified atom stereocenters. The van der Waals surface area contributed by atoms with Crippen LogP contribution in [0.2, 0.25) is 0 Å². The van der Waals surface area contributed by atoms with Gasteiger partial charge in [-0.25, -0.2) is 0 Å². The Balaban J connectivity index is 2.11. The van der Waals surface area contributed by atoms with Gasteiger partial charge in [-0.1, -0.05) is 55.0 Å². The van der Waals surface area contributed by atoms with Gasteiger partial charge in [0.25, 0.3) is 0 Å². The molecular weight excluding hydrogens is 278 g/mol. The molecule has 0 heterocycles. The van der Waals surface area contributed by atoms with Crippen LogP contribution >= 0.6 is 15.9 Å². The summed E-state index contributed by atoms with van der Waals surface area (Å²) in [6.45, 7) is 4.20. The highest BCUT2D eigenvalue weighted by atomic mass is 79.9. The van der Waals surface area contributed by atoms with Crippen molar-refractivity contribution in [3.05, 3.63) is 0 Å². The molecule has 0 radical (unpaired) electrons. The Morgan fingerprint density at radius 3 is 2.53 bits per heavy atom. The smallest absolute Gasteiger partial charge is 0.220 e. The lowest BCUT2D eigenvalue weighted by Crippen LogP contribution is -2.34. The van der Waals surface area contributed by atoms with Crippen molar-refractivity contribution in [2.45, 2.75) is 76.1 Å². The van der Waals surface area contributed by atoms with E-state index >= 15 is 0 Å². The number of halogens is 1. The van der Waals surface area contributed by atoms with Crippen molar-refractivity contribution >= 4 is 21.8 Å². The molecule has 1 aliphatic carbocycles. The zero-order valence-electron chi connectivity index (χ0n) is 11.2. The number of nitrogens with one attached hydrogen (secondary N) is 1. The number of hydrogen-bond acceptors (Lipinski definition) is 1. The maximum atomic E-state index is 11.8. The first-order valence-electron chi connectivity index (χ1n) is 7.01. The second-order valence-corrected chi connectivity index (χ2v) is 7.09. The predicted octanol–water partition coefficient (Wildman–Crippen LogP) is 4.03. The number of hydrogen-bond donors (Lipinski definition) is 1. The van der Waals surface area contributed by atoms with Crippen molar-refractivity contribution in [1.29, 1.82) is 0 Å². The van der Waals surface area contributed by atoms with Crippen LogP contribution in [0.1, 0.15) is 65.2 Å². The van der Waals surface area contributed by atoms with Crippen molar-refractivity contribution < 1.29 is 4.79 Å². The van der Waals surface area contributed by atoms with Crippen molar-refractivity contribution in [2.24, 2.45) is 5.92 Å². The highest BCUT2D eigenvalue weighted by Gasteiger charge is 2.15. The van der Waals surface area contributed by atoms with Gasteiger partial charge >= 0.3 is 0 Å². The summed E-state index contributed by atoms with van der Waals surface area (Å²) in [7, 11) is 0.